The summed E-state index contributed by atoms with van der Waals surface area (Å²) in [5.74, 6) is 2.94. The Morgan fingerprint density at radius 3 is 2.42 bits per heavy atom. The van der Waals surface area contributed by atoms with Gasteiger partial charge in [-0.25, -0.2) is 14.4 Å². The van der Waals surface area contributed by atoms with Crippen LogP contribution in [0.3, 0.4) is 0 Å². The maximum atomic E-state index is 13.5. The molecule has 1 aromatic carbocycles. The van der Waals surface area contributed by atoms with Crippen molar-refractivity contribution >= 4 is 11.7 Å². The van der Waals surface area contributed by atoms with Gasteiger partial charge in [0, 0.05) is 25.2 Å². The first-order valence-corrected chi connectivity index (χ1v) is 11.7. The highest BCUT2D eigenvalue weighted by atomic mass is 19.1. The van der Waals surface area contributed by atoms with Crippen LogP contribution in [0.15, 0.2) is 30.6 Å². The second kappa shape index (κ2) is 7.37. The minimum Gasteiger partial charge on any atom is -0.310 e. The molecule has 0 spiro atoms. The Morgan fingerprint density at radius 2 is 1.74 bits per heavy atom. The smallest absolute Gasteiger partial charge is 0.231 e. The van der Waals surface area contributed by atoms with Crippen LogP contribution in [-0.4, -0.2) is 27.3 Å². The number of benzene rings is 1. The molecule has 0 unspecified atom stereocenters. The fourth-order valence-corrected chi connectivity index (χ4v) is 7.13. The molecule has 6 heteroatoms. The summed E-state index contributed by atoms with van der Waals surface area (Å²) < 4.78 is 13.2. The number of rotatable bonds is 4. The Balaban J connectivity index is 1.17. The van der Waals surface area contributed by atoms with Crippen LogP contribution in [0.4, 0.5) is 10.2 Å². The largest absolute Gasteiger partial charge is 0.310 e. The Hall–Kier alpha value is -2.34. The van der Waals surface area contributed by atoms with Crippen LogP contribution in [0.5, 0.6) is 0 Å². The summed E-state index contributed by atoms with van der Waals surface area (Å²) >= 11 is 0. The lowest BCUT2D eigenvalue weighted by Crippen LogP contribution is -2.52. The van der Waals surface area contributed by atoms with E-state index in [0.717, 1.165) is 79.9 Å². The van der Waals surface area contributed by atoms with Crippen molar-refractivity contribution in [3.63, 3.8) is 0 Å². The van der Waals surface area contributed by atoms with Crippen LogP contribution in [0.25, 0.3) is 0 Å². The van der Waals surface area contributed by atoms with E-state index in [1.807, 2.05) is 12.1 Å². The van der Waals surface area contributed by atoms with E-state index in [2.05, 4.69) is 20.2 Å². The molecule has 2 aromatic rings. The van der Waals surface area contributed by atoms with Gasteiger partial charge in [0.1, 0.15) is 18.0 Å². The Kier molecular flexibility index (Phi) is 4.60. The molecule has 0 atom stereocenters. The highest BCUT2D eigenvalue weighted by molar-refractivity contribution is 5.95. The molecule has 5 aliphatic rings. The van der Waals surface area contributed by atoms with E-state index in [1.54, 1.807) is 6.33 Å². The molecule has 162 valence electrons. The molecule has 1 amide bonds. The standard InChI is InChI=1S/C25H29FN4O/c26-20-3-1-16(2-4-20)13-30-6-5-21-22(14-30)27-15-28-23(21)29-24(31)25-10-17-7-18(11-25)9-19(8-17)12-25/h1-4,15,17-19H,5-14H2,(H,27,28,29,31). The number of nitrogens with zero attached hydrogens (tertiary/aromatic N) is 3. The zero-order chi connectivity index (χ0) is 21.0. The van der Waals surface area contributed by atoms with Crippen molar-refractivity contribution < 1.29 is 9.18 Å². The second-order valence-corrected chi connectivity index (χ2v) is 10.4. The maximum Gasteiger partial charge on any atom is 0.231 e. The first kappa shape index (κ1) is 19.4. The van der Waals surface area contributed by atoms with Gasteiger partial charge < -0.3 is 5.32 Å². The molecule has 2 heterocycles. The van der Waals surface area contributed by atoms with Gasteiger partial charge in [0.15, 0.2) is 0 Å². The minimum absolute atomic E-state index is 0.171. The molecule has 4 fully saturated rings. The molecule has 0 saturated heterocycles. The number of carbonyl (C=O) groups excluding carboxylic acids is 1. The normalized spacial score (nSPS) is 31.5. The SMILES string of the molecule is O=C(Nc1ncnc2c1CCN(Cc1ccc(F)cc1)C2)C12CC3CC(CC(C3)C1)C2. The molecule has 4 bridgehead atoms. The molecule has 31 heavy (non-hydrogen) atoms. The van der Waals surface area contributed by atoms with E-state index in [9.17, 15) is 9.18 Å². The number of amides is 1. The Labute approximate surface area is 182 Å². The van der Waals surface area contributed by atoms with E-state index in [4.69, 9.17) is 0 Å². The fourth-order valence-electron chi connectivity index (χ4n) is 7.13. The van der Waals surface area contributed by atoms with Crippen LogP contribution in [0.2, 0.25) is 0 Å². The zero-order valence-electron chi connectivity index (χ0n) is 17.8. The average Bonchev–Trinajstić information content (AvgIpc) is 2.74. The van der Waals surface area contributed by atoms with Crippen molar-refractivity contribution in [2.45, 2.75) is 58.0 Å². The lowest BCUT2D eigenvalue weighted by Gasteiger charge is -2.55. The number of aromatic nitrogens is 2. The van der Waals surface area contributed by atoms with Crippen LogP contribution in [0.1, 0.15) is 55.3 Å². The minimum atomic E-state index is -0.208. The van der Waals surface area contributed by atoms with E-state index in [0.29, 0.717) is 5.82 Å². The number of hydrogen-bond donors (Lipinski definition) is 1. The molecule has 4 aliphatic carbocycles. The van der Waals surface area contributed by atoms with Gasteiger partial charge in [0.05, 0.1) is 11.1 Å². The Bertz CT molecular complexity index is 970. The number of halogens is 1. The lowest BCUT2D eigenvalue weighted by molar-refractivity contribution is -0.140. The summed E-state index contributed by atoms with van der Waals surface area (Å²) in [5, 5.41) is 3.25. The van der Waals surface area contributed by atoms with Crippen LogP contribution >= 0.6 is 0 Å². The third-order valence-corrected chi connectivity index (χ3v) is 8.16. The number of hydrogen-bond acceptors (Lipinski definition) is 4. The zero-order valence-corrected chi connectivity index (χ0v) is 17.8. The molecule has 1 aliphatic heterocycles. The molecule has 4 saturated carbocycles. The topological polar surface area (TPSA) is 58.1 Å². The van der Waals surface area contributed by atoms with E-state index in [1.165, 1.54) is 31.4 Å². The predicted molar refractivity (Wildman–Crippen MR) is 115 cm³/mol. The van der Waals surface area contributed by atoms with Crippen LogP contribution in [0, 0.1) is 29.0 Å². The van der Waals surface area contributed by atoms with Crippen molar-refractivity contribution in [3.05, 3.63) is 53.2 Å². The average molecular weight is 421 g/mol. The summed E-state index contributed by atoms with van der Waals surface area (Å²) in [6, 6.07) is 6.69. The first-order chi connectivity index (χ1) is 15.1. The summed E-state index contributed by atoms with van der Waals surface area (Å²) in [7, 11) is 0. The van der Waals surface area contributed by atoms with Gasteiger partial charge in [-0.1, -0.05) is 12.1 Å². The van der Waals surface area contributed by atoms with Crippen molar-refractivity contribution in [1.29, 1.82) is 0 Å². The number of anilines is 1. The van der Waals surface area contributed by atoms with Gasteiger partial charge in [0.25, 0.3) is 0 Å². The van der Waals surface area contributed by atoms with E-state index < -0.39 is 0 Å². The lowest BCUT2D eigenvalue weighted by atomic mass is 9.49. The molecule has 0 radical (unpaired) electrons. The molecule has 1 N–H and O–H groups in total. The van der Waals surface area contributed by atoms with Crippen LogP contribution in [-0.2, 0) is 24.3 Å². The summed E-state index contributed by atoms with van der Waals surface area (Å²) in [5.41, 5.74) is 2.99. The van der Waals surface area contributed by atoms with Gasteiger partial charge >= 0.3 is 0 Å². The quantitative estimate of drug-likeness (QED) is 0.800. The van der Waals surface area contributed by atoms with Crippen molar-refractivity contribution in [3.8, 4) is 0 Å². The van der Waals surface area contributed by atoms with E-state index in [-0.39, 0.29) is 17.1 Å². The summed E-state index contributed by atoms with van der Waals surface area (Å²) in [6.07, 6.45) is 9.57. The second-order valence-electron chi connectivity index (χ2n) is 10.4. The fraction of sp³-hybridized carbons (Fsp3) is 0.560. The monoisotopic (exact) mass is 420 g/mol. The molecular formula is C25H29FN4O. The molecule has 1 aromatic heterocycles. The highest BCUT2D eigenvalue weighted by Crippen LogP contribution is 2.60. The van der Waals surface area contributed by atoms with Crippen LogP contribution < -0.4 is 5.32 Å². The number of fused-ring (bicyclic) bond motifs is 1. The van der Waals surface area contributed by atoms with Gasteiger partial charge in [-0.05, 0) is 80.4 Å². The van der Waals surface area contributed by atoms with E-state index >= 15 is 0 Å². The van der Waals surface area contributed by atoms with Gasteiger partial charge in [-0.3, -0.25) is 9.69 Å². The number of nitrogens with one attached hydrogen (secondary N) is 1. The summed E-state index contributed by atoms with van der Waals surface area (Å²) in [4.78, 5) is 24.8. The summed E-state index contributed by atoms with van der Waals surface area (Å²) in [6.45, 7) is 2.35. The number of carbonyl (C=O) groups is 1. The van der Waals surface area contributed by atoms with Crippen molar-refractivity contribution in [2.24, 2.45) is 23.2 Å². The third-order valence-electron chi connectivity index (χ3n) is 8.16. The van der Waals surface area contributed by atoms with Crippen molar-refractivity contribution in [1.82, 2.24) is 14.9 Å². The van der Waals surface area contributed by atoms with Gasteiger partial charge in [-0.15, -0.1) is 0 Å². The molecular weight excluding hydrogens is 391 g/mol. The maximum absolute atomic E-state index is 13.5. The Morgan fingerprint density at radius 1 is 1.06 bits per heavy atom. The highest BCUT2D eigenvalue weighted by Gasteiger charge is 2.54. The van der Waals surface area contributed by atoms with Gasteiger partial charge in [0.2, 0.25) is 5.91 Å². The third kappa shape index (κ3) is 3.55. The first-order valence-electron chi connectivity index (χ1n) is 11.7. The van der Waals surface area contributed by atoms with Gasteiger partial charge in [-0.2, -0.15) is 0 Å². The predicted octanol–water partition coefficient (Wildman–Crippen LogP) is 4.33. The van der Waals surface area contributed by atoms with Crippen molar-refractivity contribution in [2.75, 3.05) is 11.9 Å². The molecule has 5 nitrogen and oxygen atoms in total. The molecule has 7 rings (SSSR count).